The van der Waals surface area contributed by atoms with E-state index in [-0.39, 0.29) is 6.04 Å². The molecule has 1 aliphatic rings. The summed E-state index contributed by atoms with van der Waals surface area (Å²) in [5.74, 6) is 1.60. The Kier molecular flexibility index (Phi) is 4.15. The van der Waals surface area contributed by atoms with Crippen LogP contribution in [0.25, 0.3) is 5.82 Å². The molecule has 1 saturated heterocycles. The SMILES string of the molecule is Cc1cc(C)n(-c2ccc(N3C[C@@H](N(C)C)[C@@H](n4ccnn4)C3)nn2)n1. The van der Waals surface area contributed by atoms with Crippen molar-refractivity contribution in [2.75, 3.05) is 32.1 Å². The van der Waals surface area contributed by atoms with E-state index >= 15 is 0 Å². The number of hydrogen-bond acceptors (Lipinski definition) is 7. The molecule has 4 rings (SSSR count). The van der Waals surface area contributed by atoms with Crippen molar-refractivity contribution in [2.45, 2.75) is 25.9 Å². The smallest absolute Gasteiger partial charge is 0.176 e. The number of aryl methyl sites for hydroxylation is 2. The maximum Gasteiger partial charge on any atom is 0.176 e. The highest BCUT2D eigenvalue weighted by molar-refractivity contribution is 5.42. The number of hydrogen-bond donors (Lipinski definition) is 0. The van der Waals surface area contributed by atoms with E-state index in [4.69, 9.17) is 0 Å². The molecule has 0 aliphatic carbocycles. The predicted octanol–water partition coefficient (Wildman–Crippen LogP) is 0.862. The van der Waals surface area contributed by atoms with E-state index in [9.17, 15) is 0 Å². The van der Waals surface area contributed by atoms with E-state index in [2.05, 4.69) is 49.5 Å². The van der Waals surface area contributed by atoms with E-state index in [0.717, 1.165) is 36.1 Å². The molecule has 4 heterocycles. The normalized spacial score (nSPS) is 20.3. The van der Waals surface area contributed by atoms with Gasteiger partial charge < -0.3 is 9.80 Å². The summed E-state index contributed by atoms with van der Waals surface area (Å²) in [6, 6.07) is 6.56. The summed E-state index contributed by atoms with van der Waals surface area (Å²) in [7, 11) is 4.19. The van der Waals surface area contributed by atoms with Gasteiger partial charge in [0.05, 0.1) is 24.0 Å². The Morgan fingerprint density at radius 3 is 2.42 bits per heavy atom. The number of nitrogens with zero attached hydrogens (tertiary/aromatic N) is 9. The van der Waals surface area contributed by atoms with Crippen LogP contribution < -0.4 is 4.90 Å². The lowest BCUT2D eigenvalue weighted by molar-refractivity contribution is 0.243. The van der Waals surface area contributed by atoms with Gasteiger partial charge in [-0.05, 0) is 46.1 Å². The monoisotopic (exact) mass is 353 g/mol. The Balaban J connectivity index is 1.57. The molecule has 0 saturated carbocycles. The highest BCUT2D eigenvalue weighted by atomic mass is 15.5. The van der Waals surface area contributed by atoms with Crippen LogP contribution in [0.5, 0.6) is 0 Å². The van der Waals surface area contributed by atoms with Crippen LogP contribution in [0.1, 0.15) is 17.4 Å². The first-order valence-electron chi connectivity index (χ1n) is 8.67. The quantitative estimate of drug-likeness (QED) is 0.688. The van der Waals surface area contributed by atoms with Crippen molar-refractivity contribution in [3.63, 3.8) is 0 Å². The van der Waals surface area contributed by atoms with Gasteiger partial charge in [0.1, 0.15) is 0 Å². The third-order valence-electron chi connectivity index (χ3n) is 4.89. The zero-order chi connectivity index (χ0) is 18.3. The summed E-state index contributed by atoms with van der Waals surface area (Å²) in [6.07, 6.45) is 3.64. The maximum absolute atomic E-state index is 4.46. The Bertz CT molecular complexity index is 866. The molecule has 0 N–H and O–H groups in total. The van der Waals surface area contributed by atoms with Gasteiger partial charge in [0.25, 0.3) is 0 Å². The highest BCUT2D eigenvalue weighted by Gasteiger charge is 2.36. The van der Waals surface area contributed by atoms with Gasteiger partial charge in [0.2, 0.25) is 0 Å². The molecule has 0 radical (unpaired) electrons. The van der Waals surface area contributed by atoms with Gasteiger partial charge in [-0.3, -0.25) is 0 Å². The molecule has 2 atom stereocenters. The molecule has 0 bridgehead atoms. The molecule has 0 unspecified atom stereocenters. The van der Waals surface area contributed by atoms with Crippen LogP contribution in [-0.2, 0) is 0 Å². The molecule has 0 spiro atoms. The summed E-state index contributed by atoms with van der Waals surface area (Å²) in [5.41, 5.74) is 2.02. The molecule has 9 heteroatoms. The lowest BCUT2D eigenvalue weighted by atomic mass is 10.1. The summed E-state index contributed by atoms with van der Waals surface area (Å²) in [5, 5.41) is 21.4. The fraction of sp³-hybridized carbons (Fsp3) is 0.471. The summed E-state index contributed by atoms with van der Waals surface area (Å²) >= 11 is 0. The Morgan fingerprint density at radius 1 is 1.08 bits per heavy atom. The van der Waals surface area contributed by atoms with Crippen LogP contribution in [0, 0.1) is 13.8 Å². The lowest BCUT2D eigenvalue weighted by Crippen LogP contribution is -2.36. The molecule has 0 amide bonds. The number of anilines is 1. The molecular weight excluding hydrogens is 330 g/mol. The van der Waals surface area contributed by atoms with Gasteiger partial charge in [-0.25, -0.2) is 9.36 Å². The van der Waals surface area contributed by atoms with Crippen molar-refractivity contribution in [1.82, 2.24) is 39.9 Å². The average Bonchev–Trinajstić information content (AvgIpc) is 3.33. The maximum atomic E-state index is 4.46. The number of aromatic nitrogens is 7. The standard InChI is InChI=1S/C17H23N9/c1-12-9-13(2)26(21-12)17-6-5-16(19-20-17)24-10-14(23(3)4)15(11-24)25-8-7-18-22-25/h5-9,14-15H,10-11H2,1-4H3/t14-,15+/m1/s1. The number of rotatable bonds is 4. The first-order valence-corrected chi connectivity index (χ1v) is 8.67. The van der Waals surface area contributed by atoms with Gasteiger partial charge in [0.15, 0.2) is 11.6 Å². The van der Waals surface area contributed by atoms with Crippen molar-refractivity contribution in [3.8, 4) is 5.82 Å². The van der Waals surface area contributed by atoms with Gasteiger partial charge in [-0.15, -0.1) is 15.3 Å². The molecule has 1 aliphatic heterocycles. The molecular formula is C17H23N9. The van der Waals surface area contributed by atoms with Gasteiger partial charge in [0, 0.05) is 25.0 Å². The second kappa shape index (κ2) is 6.49. The topological polar surface area (TPSA) is 80.8 Å². The Hall–Kier alpha value is -2.81. The summed E-state index contributed by atoms with van der Waals surface area (Å²) in [6.45, 7) is 5.67. The highest BCUT2D eigenvalue weighted by Crippen LogP contribution is 2.28. The van der Waals surface area contributed by atoms with Crippen LogP contribution >= 0.6 is 0 Å². The first-order chi connectivity index (χ1) is 12.5. The Morgan fingerprint density at radius 2 is 1.85 bits per heavy atom. The van der Waals surface area contributed by atoms with E-state index in [1.807, 2.05) is 47.6 Å². The van der Waals surface area contributed by atoms with E-state index in [1.54, 1.807) is 6.20 Å². The fourth-order valence-corrected chi connectivity index (χ4v) is 3.58. The zero-order valence-electron chi connectivity index (χ0n) is 15.5. The minimum atomic E-state index is 0.227. The van der Waals surface area contributed by atoms with E-state index in [1.165, 1.54) is 0 Å². The molecule has 3 aromatic rings. The van der Waals surface area contributed by atoms with Crippen molar-refractivity contribution in [1.29, 1.82) is 0 Å². The minimum absolute atomic E-state index is 0.227. The largest absolute Gasteiger partial charge is 0.351 e. The number of likely N-dealkylation sites (N-methyl/N-ethyl adjacent to an activating group) is 1. The van der Waals surface area contributed by atoms with Crippen molar-refractivity contribution in [2.24, 2.45) is 0 Å². The fourth-order valence-electron chi connectivity index (χ4n) is 3.58. The molecule has 136 valence electrons. The minimum Gasteiger partial charge on any atom is -0.351 e. The predicted molar refractivity (Wildman–Crippen MR) is 97.4 cm³/mol. The molecule has 26 heavy (non-hydrogen) atoms. The van der Waals surface area contributed by atoms with Crippen molar-refractivity contribution < 1.29 is 0 Å². The summed E-state index contributed by atoms with van der Waals surface area (Å²) in [4.78, 5) is 4.47. The van der Waals surface area contributed by atoms with Crippen molar-refractivity contribution >= 4 is 5.82 Å². The van der Waals surface area contributed by atoms with Crippen LogP contribution in [0.2, 0.25) is 0 Å². The van der Waals surface area contributed by atoms with E-state index in [0.29, 0.717) is 6.04 Å². The van der Waals surface area contributed by atoms with Crippen LogP contribution in [0.15, 0.2) is 30.6 Å². The van der Waals surface area contributed by atoms with Gasteiger partial charge >= 0.3 is 0 Å². The molecule has 0 aromatic carbocycles. The van der Waals surface area contributed by atoms with Gasteiger partial charge in [-0.1, -0.05) is 5.21 Å². The molecule has 1 fully saturated rings. The van der Waals surface area contributed by atoms with Gasteiger partial charge in [-0.2, -0.15) is 5.10 Å². The van der Waals surface area contributed by atoms with Crippen LogP contribution in [0.3, 0.4) is 0 Å². The third kappa shape index (κ3) is 2.94. The Labute approximate surface area is 152 Å². The zero-order valence-corrected chi connectivity index (χ0v) is 15.5. The lowest BCUT2D eigenvalue weighted by Gasteiger charge is -2.24. The van der Waals surface area contributed by atoms with E-state index < -0.39 is 0 Å². The van der Waals surface area contributed by atoms with Crippen LogP contribution in [-0.4, -0.2) is 73.1 Å². The average molecular weight is 353 g/mol. The summed E-state index contributed by atoms with van der Waals surface area (Å²) < 4.78 is 3.75. The van der Waals surface area contributed by atoms with Crippen molar-refractivity contribution in [3.05, 3.63) is 42.0 Å². The first kappa shape index (κ1) is 16.6. The van der Waals surface area contributed by atoms with Crippen LogP contribution in [0.4, 0.5) is 5.82 Å². The second-order valence-corrected chi connectivity index (χ2v) is 6.97. The second-order valence-electron chi connectivity index (χ2n) is 6.97. The third-order valence-corrected chi connectivity index (χ3v) is 4.89. The molecule has 9 nitrogen and oxygen atoms in total. The molecule has 3 aromatic heterocycles.